The van der Waals surface area contributed by atoms with Gasteiger partial charge in [-0.05, 0) is 35.7 Å². The molecule has 1 N–H and O–H groups in total. The van der Waals surface area contributed by atoms with Gasteiger partial charge in [-0.25, -0.2) is 0 Å². The van der Waals surface area contributed by atoms with Crippen LogP contribution in [0.5, 0.6) is 0 Å². The fourth-order valence-electron chi connectivity index (χ4n) is 1.75. The third-order valence-corrected chi connectivity index (χ3v) is 2.21. The number of fused-ring (bicyclic) bond motifs is 1. The summed E-state index contributed by atoms with van der Waals surface area (Å²) in [6.45, 7) is 0. The molecule has 0 aromatic rings. The zero-order chi connectivity index (χ0) is 6.55. The molecular formula is C9H7N. The molecule has 0 radical (unpaired) electrons. The van der Waals surface area contributed by atoms with E-state index in [4.69, 9.17) is 0 Å². The molecule has 10 heavy (non-hydrogen) atoms. The maximum absolute atomic E-state index is 3.21. The molecular weight excluding hydrogens is 122 g/mol. The molecule has 0 saturated heterocycles. The van der Waals surface area contributed by atoms with Gasteiger partial charge < -0.3 is 4.98 Å². The van der Waals surface area contributed by atoms with Crippen LogP contribution in [-0.2, 0) is 6.42 Å². The van der Waals surface area contributed by atoms with Crippen molar-refractivity contribution >= 4 is 0 Å². The van der Waals surface area contributed by atoms with Crippen molar-refractivity contribution in [1.82, 2.24) is 4.98 Å². The van der Waals surface area contributed by atoms with Crippen LogP contribution in [-0.4, -0.2) is 4.98 Å². The molecule has 1 heterocycles. The van der Waals surface area contributed by atoms with E-state index < -0.39 is 0 Å². The SMILES string of the molecule is c1cc2c3cc(cc-3[nH]1)C2. The minimum Gasteiger partial charge on any atom is -0.361 e. The highest BCUT2D eigenvalue weighted by Crippen LogP contribution is 2.35. The number of aromatic nitrogens is 1. The molecule has 48 valence electrons. The van der Waals surface area contributed by atoms with Crippen LogP contribution >= 0.6 is 0 Å². The van der Waals surface area contributed by atoms with E-state index in [0.717, 1.165) is 6.42 Å². The number of H-pyrrole nitrogens is 1. The molecule has 2 bridgehead atoms. The van der Waals surface area contributed by atoms with Crippen LogP contribution in [0.2, 0.25) is 0 Å². The van der Waals surface area contributed by atoms with Crippen molar-refractivity contribution in [3.05, 3.63) is 35.5 Å². The normalized spacial score (nSPS) is 13.6. The lowest BCUT2D eigenvalue weighted by atomic mass is 10.0. The van der Waals surface area contributed by atoms with Gasteiger partial charge in [0, 0.05) is 17.5 Å². The summed E-state index contributed by atoms with van der Waals surface area (Å²) in [6, 6.07) is 6.65. The average Bonchev–Trinajstić information content (AvgIpc) is 2.40. The second-order valence-electron chi connectivity index (χ2n) is 2.87. The second kappa shape index (κ2) is 1.26. The van der Waals surface area contributed by atoms with Crippen molar-refractivity contribution in [2.24, 2.45) is 0 Å². The molecule has 1 nitrogen and oxygen atoms in total. The van der Waals surface area contributed by atoms with E-state index in [9.17, 15) is 0 Å². The molecule has 2 aliphatic carbocycles. The van der Waals surface area contributed by atoms with Crippen LogP contribution in [0.15, 0.2) is 24.4 Å². The van der Waals surface area contributed by atoms with Crippen molar-refractivity contribution in [2.75, 3.05) is 0 Å². The predicted molar refractivity (Wildman–Crippen MR) is 40.2 cm³/mol. The third-order valence-electron chi connectivity index (χ3n) is 2.21. The maximum atomic E-state index is 3.21. The van der Waals surface area contributed by atoms with E-state index in [1.165, 1.54) is 22.4 Å². The summed E-state index contributed by atoms with van der Waals surface area (Å²) in [7, 11) is 0. The first-order valence-corrected chi connectivity index (χ1v) is 3.52. The van der Waals surface area contributed by atoms with Crippen LogP contribution < -0.4 is 0 Å². The van der Waals surface area contributed by atoms with Crippen molar-refractivity contribution in [3.8, 4) is 11.3 Å². The predicted octanol–water partition coefficient (Wildman–Crippen LogP) is 2.02. The van der Waals surface area contributed by atoms with Gasteiger partial charge in [0.05, 0.1) is 0 Å². The van der Waals surface area contributed by atoms with Gasteiger partial charge in [0.15, 0.2) is 0 Å². The minimum absolute atomic E-state index is 1.15. The number of pyridine rings is 1. The fourth-order valence-corrected chi connectivity index (χ4v) is 1.75. The maximum Gasteiger partial charge on any atom is 0.0459 e. The Labute approximate surface area is 59.0 Å². The van der Waals surface area contributed by atoms with Crippen LogP contribution in [0, 0.1) is 0 Å². The van der Waals surface area contributed by atoms with Gasteiger partial charge in [0.25, 0.3) is 0 Å². The molecule has 0 atom stereocenters. The Morgan fingerprint density at radius 3 is 3.00 bits per heavy atom. The highest BCUT2D eigenvalue weighted by Gasteiger charge is 2.17. The van der Waals surface area contributed by atoms with Crippen LogP contribution in [0.1, 0.15) is 11.1 Å². The first-order valence-electron chi connectivity index (χ1n) is 3.52. The lowest BCUT2D eigenvalue weighted by Crippen LogP contribution is -1.90. The number of nitrogens with one attached hydrogen (secondary N) is 1. The smallest absolute Gasteiger partial charge is 0.0459 e. The van der Waals surface area contributed by atoms with Crippen molar-refractivity contribution < 1.29 is 0 Å². The molecule has 0 fully saturated rings. The Bertz CT molecular complexity index is 356. The van der Waals surface area contributed by atoms with Crippen LogP contribution in [0.25, 0.3) is 11.3 Å². The molecule has 0 amide bonds. The van der Waals surface area contributed by atoms with Gasteiger partial charge in [-0.3, -0.25) is 0 Å². The Hall–Kier alpha value is -1.24. The van der Waals surface area contributed by atoms with E-state index in [2.05, 4.69) is 23.2 Å². The Morgan fingerprint density at radius 2 is 2.30 bits per heavy atom. The standard InChI is InChI=1S/C9H7N/c1-2-10-9-5-6-3-7(1)8(9)4-6/h1-2,4-5,10H,3H2. The first kappa shape index (κ1) is 4.56. The summed E-state index contributed by atoms with van der Waals surface area (Å²) in [5.74, 6) is 0. The van der Waals surface area contributed by atoms with Gasteiger partial charge in [0.1, 0.15) is 0 Å². The summed E-state index contributed by atoms with van der Waals surface area (Å²) in [6.07, 6.45) is 3.16. The highest BCUT2D eigenvalue weighted by molar-refractivity contribution is 5.73. The molecule has 0 aromatic heterocycles. The van der Waals surface area contributed by atoms with Crippen molar-refractivity contribution in [1.29, 1.82) is 0 Å². The monoisotopic (exact) mass is 129 g/mol. The van der Waals surface area contributed by atoms with Crippen LogP contribution in [0.3, 0.4) is 0 Å². The summed E-state index contributed by atoms with van der Waals surface area (Å²) in [5, 5.41) is 0. The fraction of sp³-hybridized carbons (Fsp3) is 0.111. The second-order valence-corrected chi connectivity index (χ2v) is 2.87. The zero-order valence-electron chi connectivity index (χ0n) is 5.52. The third kappa shape index (κ3) is 0.366. The summed E-state index contributed by atoms with van der Waals surface area (Å²) in [4.78, 5) is 3.21. The van der Waals surface area contributed by atoms with Gasteiger partial charge in [-0.2, -0.15) is 0 Å². The molecule has 3 rings (SSSR count). The largest absolute Gasteiger partial charge is 0.361 e. The number of rotatable bonds is 0. The van der Waals surface area contributed by atoms with E-state index in [1.807, 2.05) is 6.20 Å². The topological polar surface area (TPSA) is 15.8 Å². The summed E-state index contributed by atoms with van der Waals surface area (Å²) >= 11 is 0. The van der Waals surface area contributed by atoms with E-state index >= 15 is 0 Å². The molecule has 0 spiro atoms. The average molecular weight is 129 g/mol. The van der Waals surface area contributed by atoms with Gasteiger partial charge in [-0.1, -0.05) is 0 Å². The van der Waals surface area contributed by atoms with E-state index in [1.54, 1.807) is 0 Å². The summed E-state index contributed by atoms with van der Waals surface area (Å²) in [5.41, 5.74) is 5.64. The Morgan fingerprint density at radius 1 is 1.30 bits per heavy atom. The van der Waals surface area contributed by atoms with Crippen molar-refractivity contribution in [2.45, 2.75) is 6.42 Å². The minimum atomic E-state index is 1.15. The van der Waals surface area contributed by atoms with Gasteiger partial charge in [0.2, 0.25) is 0 Å². The number of hydrogen-bond donors (Lipinski definition) is 1. The lowest BCUT2D eigenvalue weighted by Gasteiger charge is -2.05. The highest BCUT2D eigenvalue weighted by atomic mass is 14.7. The number of aromatic amines is 1. The Kier molecular flexibility index (Phi) is 0.575. The quantitative estimate of drug-likeness (QED) is 0.478. The first-order chi connectivity index (χ1) is 4.93. The van der Waals surface area contributed by atoms with Crippen LogP contribution in [0.4, 0.5) is 0 Å². The van der Waals surface area contributed by atoms with E-state index in [-0.39, 0.29) is 0 Å². The molecule has 1 aliphatic heterocycles. The molecule has 0 saturated carbocycles. The lowest BCUT2D eigenvalue weighted by molar-refractivity contribution is 1.18. The zero-order valence-corrected chi connectivity index (χ0v) is 5.52. The van der Waals surface area contributed by atoms with Gasteiger partial charge in [-0.15, -0.1) is 0 Å². The van der Waals surface area contributed by atoms with Gasteiger partial charge >= 0.3 is 0 Å². The molecule has 0 aromatic carbocycles. The molecule has 1 heteroatoms. The number of hydrogen-bond acceptors (Lipinski definition) is 0. The summed E-state index contributed by atoms with van der Waals surface area (Å²) < 4.78 is 0. The van der Waals surface area contributed by atoms with Crippen molar-refractivity contribution in [3.63, 3.8) is 0 Å². The van der Waals surface area contributed by atoms with E-state index in [0.29, 0.717) is 0 Å². The Balaban J connectivity index is 2.58. The molecule has 3 aliphatic rings. The molecule has 0 unspecified atom stereocenters.